The van der Waals surface area contributed by atoms with Gasteiger partial charge in [-0.25, -0.2) is 9.97 Å². The van der Waals surface area contributed by atoms with Gasteiger partial charge in [0.05, 0.1) is 11.9 Å². The van der Waals surface area contributed by atoms with Crippen molar-refractivity contribution in [1.29, 1.82) is 0 Å². The summed E-state index contributed by atoms with van der Waals surface area (Å²) in [6, 6.07) is 10.2. The minimum Gasteiger partial charge on any atom is -0.294 e. The van der Waals surface area contributed by atoms with E-state index >= 15 is 0 Å². The summed E-state index contributed by atoms with van der Waals surface area (Å²) in [6.45, 7) is 2.85. The van der Waals surface area contributed by atoms with Crippen molar-refractivity contribution in [1.82, 2.24) is 24.6 Å². The maximum Gasteiger partial charge on any atom is 0.159 e. The number of fused-ring (bicyclic) bond motifs is 1. The predicted octanol–water partition coefficient (Wildman–Crippen LogP) is 2.44. The van der Waals surface area contributed by atoms with Gasteiger partial charge in [0, 0.05) is 62.2 Å². The lowest BCUT2D eigenvalue weighted by Crippen LogP contribution is -2.30. The molecule has 116 valence electrons. The highest BCUT2D eigenvalue weighted by Gasteiger charge is 2.19. The van der Waals surface area contributed by atoms with Crippen molar-refractivity contribution >= 4 is 0 Å². The molecule has 0 atom stereocenters. The average molecular weight is 305 g/mol. The molecule has 0 aliphatic carbocycles. The van der Waals surface area contributed by atoms with Crippen molar-refractivity contribution in [3.05, 3.63) is 65.7 Å². The van der Waals surface area contributed by atoms with Crippen LogP contribution in [-0.2, 0) is 26.6 Å². The van der Waals surface area contributed by atoms with E-state index in [1.165, 1.54) is 16.8 Å². The molecule has 0 saturated heterocycles. The summed E-state index contributed by atoms with van der Waals surface area (Å²) in [5.74, 6) is 0.824. The summed E-state index contributed by atoms with van der Waals surface area (Å²) < 4.78 is 1.85. The molecule has 4 rings (SSSR count). The summed E-state index contributed by atoms with van der Waals surface area (Å²) in [5.41, 5.74) is 4.74. The number of hydrogen-bond donors (Lipinski definition) is 0. The average Bonchev–Trinajstić information content (AvgIpc) is 3.00. The van der Waals surface area contributed by atoms with E-state index in [0.717, 1.165) is 37.4 Å². The molecule has 0 amide bonds. The molecule has 3 aromatic rings. The third kappa shape index (κ3) is 3.00. The number of rotatable bonds is 3. The Hall–Kier alpha value is -2.53. The van der Waals surface area contributed by atoms with E-state index in [2.05, 4.69) is 33.3 Å². The maximum absolute atomic E-state index is 4.77. The van der Waals surface area contributed by atoms with Crippen molar-refractivity contribution < 1.29 is 0 Å². The topological polar surface area (TPSA) is 46.8 Å². The van der Waals surface area contributed by atoms with Crippen molar-refractivity contribution in [2.45, 2.75) is 19.5 Å². The van der Waals surface area contributed by atoms with E-state index in [1.54, 1.807) is 0 Å². The molecule has 0 bridgehead atoms. The third-order valence-electron chi connectivity index (χ3n) is 4.21. The normalized spacial score (nSPS) is 14.7. The lowest BCUT2D eigenvalue weighted by Gasteiger charge is -2.27. The Bertz CT molecular complexity index is 809. The molecule has 1 aliphatic heterocycles. The first-order chi connectivity index (χ1) is 11.3. The predicted molar refractivity (Wildman–Crippen MR) is 88.5 cm³/mol. The molecule has 3 heterocycles. The molecule has 0 N–H and O–H groups in total. The molecule has 5 nitrogen and oxygen atoms in total. The van der Waals surface area contributed by atoms with Crippen LogP contribution in [0.3, 0.4) is 0 Å². The molecule has 0 unspecified atom stereocenters. The molecule has 2 aromatic heterocycles. The second-order valence-corrected chi connectivity index (χ2v) is 6.01. The molecular formula is C18H19N5. The van der Waals surface area contributed by atoms with Crippen LogP contribution in [0.5, 0.6) is 0 Å². The number of aryl methyl sites for hydroxylation is 1. The van der Waals surface area contributed by atoms with Crippen LogP contribution < -0.4 is 0 Å². The largest absolute Gasteiger partial charge is 0.294 e. The van der Waals surface area contributed by atoms with E-state index in [-0.39, 0.29) is 0 Å². The van der Waals surface area contributed by atoms with Gasteiger partial charge < -0.3 is 0 Å². The van der Waals surface area contributed by atoms with Crippen LogP contribution in [0, 0.1) is 0 Å². The van der Waals surface area contributed by atoms with Gasteiger partial charge in [0.15, 0.2) is 5.82 Å². The Balaban J connectivity index is 1.52. The fraction of sp³-hybridized carbons (Fsp3) is 0.278. The highest BCUT2D eigenvalue weighted by atomic mass is 15.2. The summed E-state index contributed by atoms with van der Waals surface area (Å²) >= 11 is 0. The van der Waals surface area contributed by atoms with Crippen LogP contribution in [0.1, 0.15) is 16.8 Å². The first-order valence-corrected chi connectivity index (χ1v) is 7.88. The lowest BCUT2D eigenvalue weighted by atomic mass is 10.1. The molecular weight excluding hydrogens is 286 g/mol. The molecule has 1 aromatic carbocycles. The first kappa shape index (κ1) is 14.1. The highest BCUT2D eigenvalue weighted by Crippen LogP contribution is 2.21. The Kier molecular flexibility index (Phi) is 3.63. The monoisotopic (exact) mass is 305 g/mol. The van der Waals surface area contributed by atoms with Gasteiger partial charge >= 0.3 is 0 Å². The Labute approximate surface area is 135 Å². The van der Waals surface area contributed by atoms with E-state index in [1.807, 2.05) is 42.3 Å². The van der Waals surface area contributed by atoms with Crippen molar-refractivity contribution in [2.24, 2.45) is 7.05 Å². The minimum atomic E-state index is 0.824. The Morgan fingerprint density at radius 3 is 2.78 bits per heavy atom. The van der Waals surface area contributed by atoms with Crippen molar-refractivity contribution in [2.75, 3.05) is 6.54 Å². The third-order valence-corrected chi connectivity index (χ3v) is 4.21. The quantitative estimate of drug-likeness (QED) is 0.745. The smallest absolute Gasteiger partial charge is 0.159 e. The van der Waals surface area contributed by atoms with Crippen molar-refractivity contribution in [3.63, 3.8) is 0 Å². The van der Waals surface area contributed by atoms with Crippen LogP contribution >= 0.6 is 0 Å². The van der Waals surface area contributed by atoms with Crippen LogP contribution in [0.25, 0.3) is 11.4 Å². The summed E-state index contributed by atoms with van der Waals surface area (Å²) in [7, 11) is 1.95. The fourth-order valence-electron chi connectivity index (χ4n) is 3.05. The first-order valence-electron chi connectivity index (χ1n) is 7.88. The van der Waals surface area contributed by atoms with Crippen LogP contribution in [0.15, 0.2) is 48.9 Å². The molecule has 0 fully saturated rings. The van der Waals surface area contributed by atoms with E-state index in [0.29, 0.717) is 0 Å². The van der Waals surface area contributed by atoms with Gasteiger partial charge in [-0.2, -0.15) is 5.10 Å². The zero-order chi connectivity index (χ0) is 15.6. The number of benzene rings is 1. The van der Waals surface area contributed by atoms with Crippen LogP contribution in [0.2, 0.25) is 0 Å². The van der Waals surface area contributed by atoms with Gasteiger partial charge in [-0.1, -0.05) is 30.3 Å². The van der Waals surface area contributed by atoms with Gasteiger partial charge in [-0.15, -0.1) is 0 Å². The fourth-order valence-corrected chi connectivity index (χ4v) is 3.05. The standard InChI is InChI=1S/C18H19N5/c1-22-11-14(9-20-22)12-23-8-7-17-16(13-23)10-19-18(21-17)15-5-3-2-4-6-15/h2-6,9-11H,7-8,12-13H2,1H3. The van der Waals surface area contributed by atoms with Gasteiger partial charge in [0.1, 0.15) is 0 Å². The molecule has 0 saturated carbocycles. The molecule has 0 spiro atoms. The zero-order valence-electron chi connectivity index (χ0n) is 13.2. The van der Waals surface area contributed by atoms with Gasteiger partial charge in [-0.3, -0.25) is 9.58 Å². The van der Waals surface area contributed by atoms with Gasteiger partial charge in [0.25, 0.3) is 0 Å². The number of nitrogens with zero attached hydrogens (tertiary/aromatic N) is 5. The number of aromatic nitrogens is 4. The highest BCUT2D eigenvalue weighted by molar-refractivity contribution is 5.54. The Morgan fingerprint density at radius 2 is 2.00 bits per heavy atom. The lowest BCUT2D eigenvalue weighted by molar-refractivity contribution is 0.243. The summed E-state index contributed by atoms with van der Waals surface area (Å²) in [6.07, 6.45) is 6.97. The van der Waals surface area contributed by atoms with Crippen LogP contribution in [-0.4, -0.2) is 31.2 Å². The zero-order valence-corrected chi connectivity index (χ0v) is 13.2. The second-order valence-electron chi connectivity index (χ2n) is 6.01. The molecule has 1 aliphatic rings. The minimum absolute atomic E-state index is 0.824. The van der Waals surface area contributed by atoms with Crippen LogP contribution in [0.4, 0.5) is 0 Å². The molecule has 0 radical (unpaired) electrons. The Morgan fingerprint density at radius 1 is 1.13 bits per heavy atom. The maximum atomic E-state index is 4.77. The van der Waals surface area contributed by atoms with Gasteiger partial charge in [0.2, 0.25) is 0 Å². The number of hydrogen-bond acceptors (Lipinski definition) is 4. The second kappa shape index (κ2) is 5.93. The molecule has 5 heteroatoms. The van der Waals surface area contributed by atoms with Gasteiger partial charge in [-0.05, 0) is 0 Å². The molecule has 23 heavy (non-hydrogen) atoms. The van der Waals surface area contributed by atoms with E-state index < -0.39 is 0 Å². The summed E-state index contributed by atoms with van der Waals surface area (Å²) in [4.78, 5) is 11.8. The SMILES string of the molecule is Cn1cc(CN2CCc3nc(-c4ccccc4)ncc3C2)cn1. The van der Waals surface area contributed by atoms with E-state index in [4.69, 9.17) is 4.98 Å². The van der Waals surface area contributed by atoms with E-state index in [9.17, 15) is 0 Å². The summed E-state index contributed by atoms with van der Waals surface area (Å²) in [5, 5.41) is 4.24. The van der Waals surface area contributed by atoms with Crippen molar-refractivity contribution in [3.8, 4) is 11.4 Å².